The van der Waals surface area contributed by atoms with Gasteiger partial charge in [-0.2, -0.15) is 5.10 Å². The van der Waals surface area contributed by atoms with Crippen LogP contribution in [0.25, 0.3) is 5.82 Å². The predicted molar refractivity (Wildman–Crippen MR) is 72.7 cm³/mol. The molecule has 0 aliphatic rings. The third-order valence-electron chi connectivity index (χ3n) is 2.10. The van der Waals surface area contributed by atoms with E-state index in [9.17, 15) is 4.79 Å². The van der Waals surface area contributed by atoms with Gasteiger partial charge in [0.05, 0.1) is 22.8 Å². The summed E-state index contributed by atoms with van der Waals surface area (Å²) in [6, 6.07) is 1.86. The molecule has 0 radical (unpaired) electrons. The van der Waals surface area contributed by atoms with Gasteiger partial charge in [0.25, 0.3) is 0 Å². The van der Waals surface area contributed by atoms with E-state index in [1.807, 2.05) is 6.07 Å². The molecule has 0 fully saturated rings. The molecule has 94 valence electrons. The number of ether oxygens (including phenoxy) is 1. The average molecular weight is 375 g/mol. The van der Waals surface area contributed by atoms with Crippen LogP contribution < -0.4 is 0 Å². The summed E-state index contributed by atoms with van der Waals surface area (Å²) >= 11 is 6.71. The normalized spacial score (nSPS) is 10.4. The zero-order valence-electron chi connectivity index (χ0n) is 9.43. The lowest BCUT2D eigenvalue weighted by atomic mass is 10.4. The van der Waals surface area contributed by atoms with Crippen molar-refractivity contribution in [2.45, 2.75) is 6.92 Å². The lowest BCUT2D eigenvalue weighted by Crippen LogP contribution is -2.03. The molecule has 5 nitrogen and oxygen atoms in total. The third-order valence-corrected chi connectivity index (χ3v) is 3.12. The van der Waals surface area contributed by atoms with Gasteiger partial charge in [0.15, 0.2) is 5.82 Å². The molecule has 0 atom stereocenters. The number of pyridine rings is 1. The molecule has 0 amide bonds. The first-order chi connectivity index (χ1) is 8.61. The van der Waals surface area contributed by atoms with Crippen LogP contribution in [0, 0.1) is 0 Å². The Morgan fingerprint density at radius 1 is 1.44 bits per heavy atom. The molecule has 0 saturated heterocycles. The molecule has 0 unspecified atom stereocenters. The minimum Gasteiger partial charge on any atom is -0.462 e. The van der Waals surface area contributed by atoms with Gasteiger partial charge in [0.2, 0.25) is 0 Å². The number of hydrogen-bond donors (Lipinski definition) is 0. The third kappa shape index (κ3) is 2.78. The van der Waals surface area contributed by atoms with E-state index in [0.717, 1.165) is 8.95 Å². The molecule has 2 heterocycles. The zero-order chi connectivity index (χ0) is 13.1. The number of carbonyl (C=O) groups is 1. The minimum absolute atomic E-state index is 0.338. The van der Waals surface area contributed by atoms with Gasteiger partial charge < -0.3 is 4.74 Å². The molecular weight excluding hydrogens is 366 g/mol. The smallest absolute Gasteiger partial charge is 0.341 e. The van der Waals surface area contributed by atoms with Crippen molar-refractivity contribution in [3.63, 3.8) is 0 Å². The molecule has 0 aromatic carbocycles. The van der Waals surface area contributed by atoms with E-state index in [1.54, 1.807) is 19.3 Å². The first kappa shape index (κ1) is 13.2. The average Bonchev–Trinajstić information content (AvgIpc) is 2.78. The summed E-state index contributed by atoms with van der Waals surface area (Å²) in [5, 5.41) is 4.09. The zero-order valence-corrected chi connectivity index (χ0v) is 12.6. The van der Waals surface area contributed by atoms with Gasteiger partial charge in [-0.3, -0.25) is 0 Å². The summed E-state index contributed by atoms with van der Waals surface area (Å²) in [6.07, 6.45) is 4.69. The SMILES string of the molecule is CCOC(=O)c1cnn(-c2ncc(Br)cc2Br)c1. The summed E-state index contributed by atoms with van der Waals surface area (Å²) in [6.45, 7) is 2.10. The van der Waals surface area contributed by atoms with E-state index < -0.39 is 5.97 Å². The highest BCUT2D eigenvalue weighted by atomic mass is 79.9. The molecule has 2 aromatic rings. The summed E-state index contributed by atoms with van der Waals surface area (Å²) in [7, 11) is 0. The maximum Gasteiger partial charge on any atom is 0.341 e. The molecule has 0 spiro atoms. The maximum atomic E-state index is 11.5. The summed E-state index contributed by atoms with van der Waals surface area (Å²) < 4.78 is 8.04. The van der Waals surface area contributed by atoms with Crippen LogP contribution in [0.3, 0.4) is 0 Å². The molecule has 0 saturated carbocycles. The summed E-state index contributed by atoms with van der Waals surface area (Å²) in [4.78, 5) is 15.7. The van der Waals surface area contributed by atoms with Gasteiger partial charge >= 0.3 is 5.97 Å². The van der Waals surface area contributed by atoms with E-state index in [-0.39, 0.29) is 0 Å². The Hall–Kier alpha value is -1.21. The van der Waals surface area contributed by atoms with Gasteiger partial charge in [0, 0.05) is 16.9 Å². The monoisotopic (exact) mass is 373 g/mol. The number of esters is 1. The van der Waals surface area contributed by atoms with Crippen molar-refractivity contribution in [1.29, 1.82) is 0 Å². The van der Waals surface area contributed by atoms with Gasteiger partial charge in [-0.25, -0.2) is 14.5 Å². The van der Waals surface area contributed by atoms with Crippen molar-refractivity contribution in [2.75, 3.05) is 6.61 Å². The quantitative estimate of drug-likeness (QED) is 0.775. The standard InChI is InChI=1S/C11H9Br2N3O2/c1-2-18-11(17)7-4-15-16(6-7)10-9(13)3-8(12)5-14-10/h3-6H,2H2,1H3. The fourth-order valence-corrected chi connectivity index (χ4v) is 2.50. The van der Waals surface area contributed by atoms with Crippen LogP contribution in [0.15, 0.2) is 33.6 Å². The van der Waals surface area contributed by atoms with Crippen LogP contribution in [0.4, 0.5) is 0 Å². The van der Waals surface area contributed by atoms with E-state index in [0.29, 0.717) is 18.0 Å². The highest BCUT2D eigenvalue weighted by Crippen LogP contribution is 2.22. The lowest BCUT2D eigenvalue weighted by Gasteiger charge is -2.03. The van der Waals surface area contributed by atoms with Gasteiger partial charge in [0.1, 0.15) is 0 Å². The number of aromatic nitrogens is 3. The summed E-state index contributed by atoms with van der Waals surface area (Å²) in [5.74, 6) is 0.214. The van der Waals surface area contributed by atoms with Crippen molar-refractivity contribution in [3.8, 4) is 5.82 Å². The van der Waals surface area contributed by atoms with E-state index >= 15 is 0 Å². The predicted octanol–water partition coefficient (Wildman–Crippen LogP) is 2.97. The second-order valence-corrected chi connectivity index (χ2v) is 5.12. The van der Waals surface area contributed by atoms with Crippen LogP contribution in [0.1, 0.15) is 17.3 Å². The summed E-state index contributed by atoms with van der Waals surface area (Å²) in [5.41, 5.74) is 0.397. The Bertz CT molecular complexity index is 583. The molecule has 2 rings (SSSR count). The number of halogens is 2. The molecule has 2 aromatic heterocycles. The molecule has 0 N–H and O–H groups in total. The van der Waals surface area contributed by atoms with Crippen molar-refractivity contribution < 1.29 is 9.53 Å². The van der Waals surface area contributed by atoms with Crippen molar-refractivity contribution >= 4 is 37.8 Å². The van der Waals surface area contributed by atoms with Crippen LogP contribution in [0.5, 0.6) is 0 Å². The second-order valence-electron chi connectivity index (χ2n) is 3.35. The lowest BCUT2D eigenvalue weighted by molar-refractivity contribution is 0.0526. The first-order valence-corrected chi connectivity index (χ1v) is 6.73. The van der Waals surface area contributed by atoms with E-state index in [4.69, 9.17) is 4.74 Å². The van der Waals surface area contributed by atoms with Crippen molar-refractivity contribution in [3.05, 3.63) is 39.2 Å². The fraction of sp³-hybridized carbons (Fsp3) is 0.182. The van der Waals surface area contributed by atoms with E-state index in [1.165, 1.54) is 10.9 Å². The number of nitrogens with zero attached hydrogens (tertiary/aromatic N) is 3. The largest absolute Gasteiger partial charge is 0.462 e. The number of carbonyl (C=O) groups excluding carboxylic acids is 1. The number of hydrogen-bond acceptors (Lipinski definition) is 4. The van der Waals surface area contributed by atoms with Gasteiger partial charge in [-0.05, 0) is 44.8 Å². The molecular formula is C11H9Br2N3O2. The van der Waals surface area contributed by atoms with Gasteiger partial charge in [-0.15, -0.1) is 0 Å². The van der Waals surface area contributed by atoms with E-state index in [2.05, 4.69) is 41.9 Å². The van der Waals surface area contributed by atoms with Crippen LogP contribution in [-0.2, 0) is 4.74 Å². The Labute approximate surface area is 120 Å². The minimum atomic E-state index is -0.392. The highest BCUT2D eigenvalue weighted by molar-refractivity contribution is 9.11. The fourth-order valence-electron chi connectivity index (χ4n) is 1.33. The Morgan fingerprint density at radius 3 is 2.89 bits per heavy atom. The molecule has 18 heavy (non-hydrogen) atoms. The first-order valence-electron chi connectivity index (χ1n) is 5.15. The molecule has 0 bridgehead atoms. The van der Waals surface area contributed by atoms with Crippen molar-refractivity contribution in [1.82, 2.24) is 14.8 Å². The molecule has 7 heteroatoms. The topological polar surface area (TPSA) is 57.0 Å². The van der Waals surface area contributed by atoms with Gasteiger partial charge in [-0.1, -0.05) is 0 Å². The highest BCUT2D eigenvalue weighted by Gasteiger charge is 2.12. The second kappa shape index (κ2) is 5.62. The Morgan fingerprint density at radius 2 is 2.22 bits per heavy atom. The Kier molecular flexibility index (Phi) is 4.13. The Balaban J connectivity index is 2.32. The molecule has 0 aliphatic carbocycles. The van der Waals surface area contributed by atoms with Crippen molar-refractivity contribution in [2.24, 2.45) is 0 Å². The molecule has 0 aliphatic heterocycles. The maximum absolute atomic E-state index is 11.5. The van der Waals surface area contributed by atoms with Crippen LogP contribution >= 0.6 is 31.9 Å². The van der Waals surface area contributed by atoms with Crippen LogP contribution in [-0.4, -0.2) is 27.3 Å². The number of rotatable bonds is 3. The van der Waals surface area contributed by atoms with Crippen LogP contribution in [0.2, 0.25) is 0 Å².